The molecule has 84 valence electrons. The van der Waals surface area contributed by atoms with Crippen LogP contribution in [-0.2, 0) is 0 Å². The van der Waals surface area contributed by atoms with Crippen LogP contribution < -0.4 is 5.32 Å². The molecule has 0 spiro atoms. The van der Waals surface area contributed by atoms with E-state index in [1.807, 2.05) is 13.8 Å². The summed E-state index contributed by atoms with van der Waals surface area (Å²) in [5.41, 5.74) is 1.71. The van der Waals surface area contributed by atoms with Crippen molar-refractivity contribution in [3.05, 3.63) is 29.7 Å². The predicted octanol–water partition coefficient (Wildman–Crippen LogP) is 1.46. The maximum atomic E-state index is 13.6. The molecule has 5 nitrogen and oxygen atoms in total. The lowest BCUT2D eigenvalue weighted by molar-refractivity contribution is 0.601. The van der Waals surface area contributed by atoms with Crippen LogP contribution in [0.15, 0.2) is 12.5 Å². The second-order valence-corrected chi connectivity index (χ2v) is 3.40. The Hall–Kier alpha value is -1.98. The highest BCUT2D eigenvalue weighted by Gasteiger charge is 2.11. The standard InChI is InChI=1S/C10H12FN5/c1-6-7(2)16(5-14-6)9-8(11)4-13-10(12-3)15-9/h4-5H,1-3H3,(H,12,13,15). The number of anilines is 1. The maximum absolute atomic E-state index is 13.6. The number of nitrogens with zero attached hydrogens (tertiary/aromatic N) is 4. The van der Waals surface area contributed by atoms with Crippen LogP contribution in [0.4, 0.5) is 10.3 Å². The number of imidazole rings is 1. The molecule has 0 atom stereocenters. The van der Waals surface area contributed by atoms with Crippen molar-refractivity contribution < 1.29 is 4.39 Å². The molecule has 0 aliphatic rings. The predicted molar refractivity (Wildman–Crippen MR) is 58.1 cm³/mol. The molecule has 0 aliphatic heterocycles. The fourth-order valence-electron chi connectivity index (χ4n) is 1.36. The molecular formula is C10H12FN5. The van der Waals surface area contributed by atoms with Gasteiger partial charge in [-0.05, 0) is 13.8 Å². The summed E-state index contributed by atoms with van der Waals surface area (Å²) in [5, 5.41) is 2.77. The van der Waals surface area contributed by atoms with Gasteiger partial charge in [0.2, 0.25) is 5.95 Å². The summed E-state index contributed by atoms with van der Waals surface area (Å²) in [5.74, 6) is 0.110. The van der Waals surface area contributed by atoms with E-state index in [0.717, 1.165) is 17.6 Å². The molecule has 2 heterocycles. The molecule has 0 unspecified atom stereocenters. The number of nitrogens with one attached hydrogen (secondary N) is 1. The van der Waals surface area contributed by atoms with E-state index < -0.39 is 5.82 Å². The van der Waals surface area contributed by atoms with Gasteiger partial charge in [0, 0.05) is 12.7 Å². The van der Waals surface area contributed by atoms with E-state index >= 15 is 0 Å². The van der Waals surface area contributed by atoms with Crippen LogP contribution in [0.2, 0.25) is 0 Å². The Bertz CT molecular complexity index is 520. The highest BCUT2D eigenvalue weighted by molar-refractivity contribution is 5.34. The average Bonchev–Trinajstić information content (AvgIpc) is 2.61. The van der Waals surface area contributed by atoms with Gasteiger partial charge in [0.1, 0.15) is 6.33 Å². The Morgan fingerprint density at radius 3 is 2.62 bits per heavy atom. The molecule has 0 aromatic carbocycles. The van der Waals surface area contributed by atoms with Crippen LogP contribution in [0.1, 0.15) is 11.4 Å². The van der Waals surface area contributed by atoms with Crippen molar-refractivity contribution in [1.82, 2.24) is 19.5 Å². The van der Waals surface area contributed by atoms with Crippen LogP contribution in [0.5, 0.6) is 0 Å². The number of aryl methyl sites for hydroxylation is 1. The largest absolute Gasteiger partial charge is 0.357 e. The molecule has 0 radical (unpaired) electrons. The van der Waals surface area contributed by atoms with E-state index in [-0.39, 0.29) is 5.82 Å². The molecule has 0 amide bonds. The monoisotopic (exact) mass is 221 g/mol. The molecular weight excluding hydrogens is 209 g/mol. The molecule has 2 aromatic heterocycles. The lowest BCUT2D eigenvalue weighted by atomic mass is 10.4. The van der Waals surface area contributed by atoms with E-state index in [0.29, 0.717) is 5.95 Å². The molecule has 1 N–H and O–H groups in total. The first-order chi connectivity index (χ1) is 7.63. The quantitative estimate of drug-likeness (QED) is 0.834. The van der Waals surface area contributed by atoms with Crippen molar-refractivity contribution in [3.63, 3.8) is 0 Å². The van der Waals surface area contributed by atoms with Crippen molar-refractivity contribution in [1.29, 1.82) is 0 Å². The number of halogens is 1. The van der Waals surface area contributed by atoms with Crippen LogP contribution in [-0.4, -0.2) is 26.6 Å². The van der Waals surface area contributed by atoms with Crippen LogP contribution in [0.25, 0.3) is 5.82 Å². The number of hydrogen-bond donors (Lipinski definition) is 1. The third-order valence-corrected chi connectivity index (χ3v) is 2.43. The average molecular weight is 221 g/mol. The SMILES string of the molecule is CNc1ncc(F)c(-n2cnc(C)c2C)n1. The van der Waals surface area contributed by atoms with Gasteiger partial charge in [0.15, 0.2) is 11.6 Å². The van der Waals surface area contributed by atoms with Gasteiger partial charge in [0.05, 0.1) is 11.9 Å². The zero-order valence-electron chi connectivity index (χ0n) is 9.32. The van der Waals surface area contributed by atoms with Crippen LogP contribution in [0, 0.1) is 19.7 Å². The van der Waals surface area contributed by atoms with E-state index in [1.54, 1.807) is 17.9 Å². The molecule has 2 rings (SSSR count). The van der Waals surface area contributed by atoms with Gasteiger partial charge in [0.25, 0.3) is 0 Å². The van der Waals surface area contributed by atoms with Crippen molar-refractivity contribution in [2.75, 3.05) is 12.4 Å². The summed E-state index contributed by atoms with van der Waals surface area (Å²) < 4.78 is 15.2. The van der Waals surface area contributed by atoms with E-state index in [2.05, 4.69) is 20.3 Å². The van der Waals surface area contributed by atoms with Crippen molar-refractivity contribution in [2.24, 2.45) is 0 Å². The van der Waals surface area contributed by atoms with Crippen molar-refractivity contribution >= 4 is 5.95 Å². The zero-order valence-corrected chi connectivity index (χ0v) is 9.32. The first-order valence-electron chi connectivity index (χ1n) is 4.84. The van der Waals surface area contributed by atoms with Gasteiger partial charge in [-0.3, -0.25) is 4.57 Å². The molecule has 0 bridgehead atoms. The molecule has 0 fully saturated rings. The molecule has 0 saturated carbocycles. The second kappa shape index (κ2) is 3.88. The molecule has 6 heteroatoms. The summed E-state index contributed by atoms with van der Waals surface area (Å²) in [6, 6.07) is 0. The van der Waals surface area contributed by atoms with Gasteiger partial charge in [-0.25, -0.2) is 14.4 Å². The Balaban J connectivity index is 2.59. The minimum absolute atomic E-state index is 0.206. The van der Waals surface area contributed by atoms with E-state index in [9.17, 15) is 4.39 Å². The minimum Gasteiger partial charge on any atom is -0.357 e. The Labute approximate surface area is 92.4 Å². The molecule has 16 heavy (non-hydrogen) atoms. The number of rotatable bonds is 2. The third kappa shape index (κ3) is 1.62. The number of aromatic nitrogens is 4. The van der Waals surface area contributed by atoms with E-state index in [1.165, 1.54) is 0 Å². The third-order valence-electron chi connectivity index (χ3n) is 2.43. The number of hydrogen-bond acceptors (Lipinski definition) is 4. The smallest absolute Gasteiger partial charge is 0.224 e. The fraction of sp³-hybridized carbons (Fsp3) is 0.300. The highest BCUT2D eigenvalue weighted by atomic mass is 19.1. The zero-order chi connectivity index (χ0) is 11.7. The summed E-state index contributed by atoms with van der Waals surface area (Å²) >= 11 is 0. The first-order valence-corrected chi connectivity index (χ1v) is 4.84. The topological polar surface area (TPSA) is 55.6 Å². The Morgan fingerprint density at radius 1 is 1.31 bits per heavy atom. The van der Waals surface area contributed by atoms with Gasteiger partial charge < -0.3 is 5.32 Å². The molecule has 0 aliphatic carbocycles. The lowest BCUT2D eigenvalue weighted by Gasteiger charge is -2.07. The first kappa shape index (κ1) is 10.5. The van der Waals surface area contributed by atoms with Gasteiger partial charge in [-0.15, -0.1) is 0 Å². The van der Waals surface area contributed by atoms with Gasteiger partial charge in [-0.1, -0.05) is 0 Å². The normalized spacial score (nSPS) is 10.5. The molecule has 2 aromatic rings. The summed E-state index contributed by atoms with van der Waals surface area (Å²) in [7, 11) is 1.68. The Morgan fingerprint density at radius 2 is 2.06 bits per heavy atom. The van der Waals surface area contributed by atoms with Crippen LogP contribution >= 0.6 is 0 Å². The maximum Gasteiger partial charge on any atom is 0.224 e. The highest BCUT2D eigenvalue weighted by Crippen LogP contribution is 2.15. The fourth-order valence-corrected chi connectivity index (χ4v) is 1.36. The van der Waals surface area contributed by atoms with Gasteiger partial charge in [-0.2, -0.15) is 4.98 Å². The van der Waals surface area contributed by atoms with Gasteiger partial charge >= 0.3 is 0 Å². The summed E-state index contributed by atoms with van der Waals surface area (Å²) in [6.45, 7) is 3.73. The van der Waals surface area contributed by atoms with Crippen LogP contribution in [0.3, 0.4) is 0 Å². The van der Waals surface area contributed by atoms with Crippen molar-refractivity contribution in [2.45, 2.75) is 13.8 Å². The summed E-state index contributed by atoms with van der Waals surface area (Å²) in [4.78, 5) is 12.0. The molecule has 0 saturated heterocycles. The lowest BCUT2D eigenvalue weighted by Crippen LogP contribution is -2.06. The minimum atomic E-state index is -0.473. The summed E-state index contributed by atoms with van der Waals surface area (Å²) in [6.07, 6.45) is 2.69. The second-order valence-electron chi connectivity index (χ2n) is 3.40. The van der Waals surface area contributed by atoms with Crippen molar-refractivity contribution in [3.8, 4) is 5.82 Å². The Kier molecular flexibility index (Phi) is 2.55. The van der Waals surface area contributed by atoms with E-state index in [4.69, 9.17) is 0 Å².